The molecule has 0 radical (unpaired) electrons. The van der Waals surface area contributed by atoms with Gasteiger partial charge in [0, 0.05) is 17.6 Å². The summed E-state index contributed by atoms with van der Waals surface area (Å²) in [5.74, 6) is 0.882. The fourth-order valence-corrected chi connectivity index (χ4v) is 2.17. The average Bonchev–Trinajstić information content (AvgIpc) is 2.87. The lowest BCUT2D eigenvalue weighted by atomic mass is 10.3. The Bertz CT molecular complexity index is 486. The highest BCUT2D eigenvalue weighted by molar-refractivity contribution is 7.09. The van der Waals surface area contributed by atoms with E-state index in [0.717, 1.165) is 22.2 Å². The number of hydrogen-bond donors (Lipinski definition) is 2. The van der Waals surface area contributed by atoms with Gasteiger partial charge in [0.2, 0.25) is 0 Å². The lowest BCUT2D eigenvalue weighted by molar-refractivity contribution is 0.534. The van der Waals surface area contributed by atoms with Gasteiger partial charge >= 0.3 is 0 Å². The maximum atomic E-state index is 6.02. The Morgan fingerprint density at radius 3 is 2.88 bits per heavy atom. The van der Waals surface area contributed by atoms with Gasteiger partial charge in [-0.15, -0.1) is 11.3 Å². The first-order valence-corrected chi connectivity index (χ1v) is 6.44. The summed E-state index contributed by atoms with van der Waals surface area (Å²) in [4.78, 5) is 4.23. The molecule has 2 rings (SSSR count). The van der Waals surface area contributed by atoms with E-state index in [9.17, 15) is 0 Å². The Balaban J connectivity index is 2.19. The van der Waals surface area contributed by atoms with Crippen molar-refractivity contribution >= 4 is 22.8 Å². The standard InChI is InChI=1S/C11H17N5S/c1-7(2)16-11(10(12)8(3)15-16)14-6-9-13-4-5-17-9/h4-5,7,14H,6,12H2,1-3H3. The maximum absolute atomic E-state index is 6.02. The third-order valence-electron chi connectivity index (χ3n) is 2.51. The minimum atomic E-state index is 0.282. The molecule has 0 saturated carbocycles. The van der Waals surface area contributed by atoms with Crippen molar-refractivity contribution in [1.29, 1.82) is 0 Å². The van der Waals surface area contributed by atoms with E-state index in [4.69, 9.17) is 5.73 Å². The molecular weight excluding hydrogens is 234 g/mol. The molecule has 0 atom stereocenters. The Hall–Kier alpha value is -1.56. The summed E-state index contributed by atoms with van der Waals surface area (Å²) in [7, 11) is 0. The molecular formula is C11H17N5S. The maximum Gasteiger partial charge on any atom is 0.148 e. The monoisotopic (exact) mass is 251 g/mol. The van der Waals surface area contributed by atoms with Crippen LogP contribution in [-0.2, 0) is 6.54 Å². The van der Waals surface area contributed by atoms with E-state index < -0.39 is 0 Å². The van der Waals surface area contributed by atoms with Gasteiger partial charge in [0.25, 0.3) is 0 Å². The predicted octanol–water partition coefficient (Wildman–Crippen LogP) is 2.42. The molecule has 0 saturated heterocycles. The molecule has 0 aliphatic rings. The molecule has 2 aromatic heterocycles. The van der Waals surface area contributed by atoms with Crippen molar-refractivity contribution in [3.63, 3.8) is 0 Å². The van der Waals surface area contributed by atoms with Gasteiger partial charge < -0.3 is 11.1 Å². The Morgan fingerprint density at radius 2 is 2.29 bits per heavy atom. The van der Waals surface area contributed by atoms with Gasteiger partial charge in [-0.3, -0.25) is 0 Å². The normalized spacial score (nSPS) is 11.1. The van der Waals surface area contributed by atoms with Gasteiger partial charge in [-0.25, -0.2) is 9.67 Å². The van der Waals surface area contributed by atoms with Gasteiger partial charge in [-0.2, -0.15) is 5.10 Å². The van der Waals surface area contributed by atoms with Gasteiger partial charge in [0.15, 0.2) is 0 Å². The topological polar surface area (TPSA) is 68.8 Å². The van der Waals surface area contributed by atoms with Crippen molar-refractivity contribution in [3.05, 3.63) is 22.3 Å². The molecule has 5 nitrogen and oxygen atoms in total. The summed E-state index contributed by atoms with van der Waals surface area (Å²) in [6.07, 6.45) is 1.80. The smallest absolute Gasteiger partial charge is 0.148 e. The number of aryl methyl sites for hydroxylation is 1. The van der Waals surface area contributed by atoms with E-state index in [1.54, 1.807) is 17.5 Å². The van der Waals surface area contributed by atoms with Crippen LogP contribution in [0.2, 0.25) is 0 Å². The highest BCUT2D eigenvalue weighted by atomic mass is 32.1. The van der Waals surface area contributed by atoms with Crippen LogP contribution in [0.4, 0.5) is 11.5 Å². The molecule has 0 aliphatic carbocycles. The summed E-state index contributed by atoms with van der Waals surface area (Å²) in [6.45, 7) is 6.77. The quantitative estimate of drug-likeness (QED) is 0.875. The van der Waals surface area contributed by atoms with Gasteiger partial charge in [-0.1, -0.05) is 0 Å². The van der Waals surface area contributed by atoms with E-state index in [2.05, 4.69) is 29.2 Å². The van der Waals surface area contributed by atoms with Crippen LogP contribution in [0.3, 0.4) is 0 Å². The number of nitrogens with zero attached hydrogens (tertiary/aromatic N) is 3. The summed E-state index contributed by atoms with van der Waals surface area (Å²) in [5, 5.41) is 10.7. The number of nitrogens with two attached hydrogens (primary N) is 1. The van der Waals surface area contributed by atoms with E-state index in [1.165, 1.54) is 0 Å². The third kappa shape index (κ3) is 2.41. The highest BCUT2D eigenvalue weighted by Gasteiger charge is 2.14. The molecule has 0 aliphatic heterocycles. The molecule has 17 heavy (non-hydrogen) atoms. The van der Waals surface area contributed by atoms with Gasteiger partial charge in [0.05, 0.1) is 17.9 Å². The zero-order chi connectivity index (χ0) is 12.4. The zero-order valence-corrected chi connectivity index (χ0v) is 11.1. The van der Waals surface area contributed by atoms with Crippen LogP contribution in [0.25, 0.3) is 0 Å². The van der Waals surface area contributed by atoms with E-state index in [0.29, 0.717) is 6.54 Å². The summed E-state index contributed by atoms with van der Waals surface area (Å²) in [6, 6.07) is 0.282. The van der Waals surface area contributed by atoms with E-state index in [-0.39, 0.29) is 6.04 Å². The number of anilines is 2. The van der Waals surface area contributed by atoms with E-state index in [1.807, 2.05) is 17.0 Å². The van der Waals surface area contributed by atoms with Gasteiger partial charge in [0.1, 0.15) is 10.8 Å². The Labute approximate surface area is 105 Å². The second kappa shape index (κ2) is 4.75. The van der Waals surface area contributed by atoms with Crippen molar-refractivity contribution in [2.24, 2.45) is 0 Å². The van der Waals surface area contributed by atoms with Crippen LogP contribution in [0.15, 0.2) is 11.6 Å². The molecule has 0 amide bonds. The summed E-state index contributed by atoms with van der Waals surface area (Å²) >= 11 is 1.62. The van der Waals surface area contributed by atoms with Crippen LogP contribution in [-0.4, -0.2) is 14.8 Å². The molecule has 0 fully saturated rings. The minimum absolute atomic E-state index is 0.282. The molecule has 0 bridgehead atoms. The molecule has 3 N–H and O–H groups in total. The largest absolute Gasteiger partial charge is 0.394 e. The molecule has 0 spiro atoms. The SMILES string of the molecule is Cc1nn(C(C)C)c(NCc2nccs2)c1N. The molecule has 0 unspecified atom stereocenters. The third-order valence-corrected chi connectivity index (χ3v) is 3.29. The number of nitrogens with one attached hydrogen (secondary N) is 1. The fraction of sp³-hybridized carbons (Fsp3) is 0.455. The van der Waals surface area contributed by atoms with Crippen molar-refractivity contribution in [2.45, 2.75) is 33.4 Å². The first kappa shape index (κ1) is 11.9. The number of hydrogen-bond acceptors (Lipinski definition) is 5. The predicted molar refractivity (Wildman–Crippen MR) is 71.2 cm³/mol. The average molecular weight is 251 g/mol. The van der Waals surface area contributed by atoms with Crippen LogP contribution in [0, 0.1) is 6.92 Å². The second-order valence-corrected chi connectivity index (χ2v) is 5.14. The minimum Gasteiger partial charge on any atom is -0.394 e. The zero-order valence-electron chi connectivity index (χ0n) is 10.3. The first-order valence-electron chi connectivity index (χ1n) is 5.56. The lowest BCUT2D eigenvalue weighted by Crippen LogP contribution is -2.10. The summed E-state index contributed by atoms with van der Waals surface area (Å²) in [5.41, 5.74) is 7.60. The highest BCUT2D eigenvalue weighted by Crippen LogP contribution is 2.26. The fourth-order valence-electron chi connectivity index (χ4n) is 1.61. The van der Waals surface area contributed by atoms with Crippen LogP contribution in [0.1, 0.15) is 30.6 Å². The van der Waals surface area contributed by atoms with Crippen LogP contribution < -0.4 is 11.1 Å². The lowest BCUT2D eigenvalue weighted by Gasteiger charge is -2.12. The summed E-state index contributed by atoms with van der Waals surface area (Å²) < 4.78 is 1.91. The van der Waals surface area contributed by atoms with Crippen molar-refractivity contribution in [3.8, 4) is 0 Å². The molecule has 2 heterocycles. The number of rotatable bonds is 4. The van der Waals surface area contributed by atoms with Crippen LogP contribution >= 0.6 is 11.3 Å². The Kier molecular flexibility index (Phi) is 3.33. The van der Waals surface area contributed by atoms with Gasteiger partial charge in [-0.05, 0) is 20.8 Å². The molecule has 2 aromatic rings. The molecule has 0 aromatic carbocycles. The number of thiazole rings is 1. The van der Waals surface area contributed by atoms with E-state index >= 15 is 0 Å². The second-order valence-electron chi connectivity index (χ2n) is 4.17. The van der Waals surface area contributed by atoms with Crippen molar-refractivity contribution in [1.82, 2.24) is 14.8 Å². The number of aromatic nitrogens is 3. The van der Waals surface area contributed by atoms with Crippen LogP contribution in [0.5, 0.6) is 0 Å². The molecule has 6 heteroatoms. The van der Waals surface area contributed by atoms with Crippen molar-refractivity contribution < 1.29 is 0 Å². The number of nitrogen functional groups attached to an aromatic ring is 1. The first-order chi connectivity index (χ1) is 8.09. The molecule has 92 valence electrons. The van der Waals surface area contributed by atoms with Crippen molar-refractivity contribution in [2.75, 3.05) is 11.1 Å². The Morgan fingerprint density at radius 1 is 1.53 bits per heavy atom.